The van der Waals surface area contributed by atoms with Crippen LogP contribution in [0.5, 0.6) is 5.75 Å². The van der Waals surface area contributed by atoms with E-state index >= 15 is 0 Å². The average Bonchev–Trinajstić information content (AvgIpc) is 2.70. The van der Waals surface area contributed by atoms with Gasteiger partial charge in [0.05, 0.1) is 29.8 Å². The molecule has 3 rings (SSSR count). The number of anilines is 1. The Morgan fingerprint density at radius 3 is 2.52 bits per heavy atom. The van der Waals surface area contributed by atoms with E-state index in [9.17, 15) is 13.2 Å². The Kier molecular flexibility index (Phi) is 6.14. The van der Waals surface area contributed by atoms with E-state index in [4.69, 9.17) is 16.3 Å². The van der Waals surface area contributed by atoms with Gasteiger partial charge in [-0.3, -0.25) is 4.79 Å². The zero-order valence-corrected chi connectivity index (χ0v) is 17.3. The maximum absolute atomic E-state index is 12.7. The lowest BCUT2D eigenvalue weighted by Crippen LogP contribution is -2.18. The third-order valence-corrected chi connectivity index (χ3v) is 5.79. The molecule has 0 radical (unpaired) electrons. The summed E-state index contributed by atoms with van der Waals surface area (Å²) in [6.07, 6.45) is 1.10. The number of carbonyl (C=O) groups is 1. The Hall–Kier alpha value is -2.97. The van der Waals surface area contributed by atoms with E-state index in [1.165, 1.54) is 7.11 Å². The Morgan fingerprint density at radius 1 is 1.14 bits per heavy atom. The Labute approximate surface area is 173 Å². The molecule has 0 unspecified atom stereocenters. The fourth-order valence-electron chi connectivity index (χ4n) is 2.56. The van der Waals surface area contributed by atoms with Crippen LogP contribution in [0.1, 0.15) is 21.6 Å². The van der Waals surface area contributed by atoms with Crippen molar-refractivity contribution in [3.63, 3.8) is 0 Å². The van der Waals surface area contributed by atoms with Crippen molar-refractivity contribution < 1.29 is 17.9 Å². The summed E-state index contributed by atoms with van der Waals surface area (Å²) in [7, 11) is -2.40. The van der Waals surface area contributed by atoms with Gasteiger partial charge in [0.1, 0.15) is 5.75 Å². The molecule has 150 valence electrons. The quantitative estimate of drug-likeness (QED) is 0.598. The number of aryl methyl sites for hydroxylation is 1. The molecule has 1 aromatic heterocycles. The highest BCUT2D eigenvalue weighted by atomic mass is 35.5. The molecule has 1 heterocycles. The summed E-state index contributed by atoms with van der Waals surface area (Å²) in [5.74, 6) is -0.519. The molecular formula is C20H18ClN3O4S. The molecule has 1 amide bonds. The maximum atomic E-state index is 12.7. The summed E-state index contributed by atoms with van der Waals surface area (Å²) >= 11 is 6.05. The summed E-state index contributed by atoms with van der Waals surface area (Å²) in [5.41, 5.74) is 1.77. The lowest BCUT2D eigenvalue weighted by molar-refractivity contribution is 0.102. The van der Waals surface area contributed by atoms with E-state index in [-0.39, 0.29) is 16.5 Å². The number of benzene rings is 2. The summed E-state index contributed by atoms with van der Waals surface area (Å²) in [6, 6.07) is 13.9. The summed E-state index contributed by atoms with van der Waals surface area (Å²) < 4.78 is 30.6. The molecule has 9 heteroatoms. The number of hydrogen-bond acceptors (Lipinski definition) is 6. The molecule has 29 heavy (non-hydrogen) atoms. The largest absolute Gasteiger partial charge is 0.495 e. The minimum Gasteiger partial charge on any atom is -0.495 e. The van der Waals surface area contributed by atoms with Gasteiger partial charge in [0.2, 0.25) is 15.0 Å². The molecule has 0 aliphatic carbocycles. The zero-order chi connectivity index (χ0) is 21.0. The molecule has 0 aliphatic heterocycles. The van der Waals surface area contributed by atoms with Gasteiger partial charge in [-0.2, -0.15) is 0 Å². The number of aromatic nitrogens is 2. The van der Waals surface area contributed by atoms with Gasteiger partial charge >= 0.3 is 0 Å². The van der Waals surface area contributed by atoms with E-state index in [2.05, 4.69) is 15.3 Å². The summed E-state index contributed by atoms with van der Waals surface area (Å²) in [5, 5.41) is 2.09. The van der Waals surface area contributed by atoms with E-state index in [0.29, 0.717) is 17.0 Å². The maximum Gasteiger partial charge on any atom is 0.276 e. The van der Waals surface area contributed by atoms with Crippen LogP contribution in [0.25, 0.3) is 0 Å². The van der Waals surface area contributed by atoms with E-state index in [1.807, 2.05) is 19.1 Å². The van der Waals surface area contributed by atoms with Gasteiger partial charge in [-0.25, -0.2) is 18.4 Å². The predicted molar refractivity (Wildman–Crippen MR) is 110 cm³/mol. The van der Waals surface area contributed by atoms with Crippen LogP contribution in [0.2, 0.25) is 5.02 Å². The summed E-state index contributed by atoms with van der Waals surface area (Å²) in [4.78, 5) is 20.4. The topological polar surface area (TPSA) is 98.2 Å². The van der Waals surface area contributed by atoms with Crippen molar-refractivity contribution in [2.75, 3.05) is 12.4 Å². The second kappa shape index (κ2) is 8.59. The number of halogens is 1. The molecule has 0 saturated heterocycles. The van der Waals surface area contributed by atoms with Crippen LogP contribution in [0.4, 0.5) is 5.69 Å². The van der Waals surface area contributed by atoms with Crippen molar-refractivity contribution in [1.29, 1.82) is 0 Å². The van der Waals surface area contributed by atoms with Gasteiger partial charge < -0.3 is 10.1 Å². The van der Waals surface area contributed by atoms with Gasteiger partial charge in [0, 0.05) is 0 Å². The first-order valence-electron chi connectivity index (χ1n) is 8.55. The molecule has 0 saturated carbocycles. The van der Waals surface area contributed by atoms with Crippen molar-refractivity contribution in [1.82, 2.24) is 9.97 Å². The number of methoxy groups -OCH3 is 1. The molecule has 0 bridgehead atoms. The third kappa shape index (κ3) is 4.90. The smallest absolute Gasteiger partial charge is 0.276 e. The Bertz CT molecular complexity index is 1150. The number of amides is 1. The normalized spacial score (nSPS) is 11.1. The number of sulfone groups is 1. The van der Waals surface area contributed by atoms with Crippen molar-refractivity contribution in [3.05, 3.63) is 76.6 Å². The van der Waals surface area contributed by atoms with Gasteiger partial charge in [0.15, 0.2) is 5.69 Å². The molecular weight excluding hydrogens is 414 g/mol. The monoisotopic (exact) mass is 431 g/mol. The molecule has 3 aromatic rings. The number of hydrogen-bond donors (Lipinski definition) is 1. The number of ether oxygens (including phenoxy) is 1. The minimum atomic E-state index is -3.87. The van der Waals surface area contributed by atoms with Gasteiger partial charge in [-0.05, 0) is 24.6 Å². The van der Waals surface area contributed by atoms with Crippen LogP contribution < -0.4 is 10.1 Å². The number of nitrogens with zero attached hydrogens (tertiary/aromatic N) is 2. The highest BCUT2D eigenvalue weighted by Crippen LogP contribution is 2.25. The number of rotatable bonds is 6. The first-order valence-corrected chi connectivity index (χ1v) is 10.6. The van der Waals surface area contributed by atoms with E-state index < -0.39 is 20.9 Å². The van der Waals surface area contributed by atoms with Crippen LogP contribution >= 0.6 is 11.6 Å². The molecule has 7 nitrogen and oxygen atoms in total. The van der Waals surface area contributed by atoms with Crippen LogP contribution in [0, 0.1) is 6.92 Å². The zero-order valence-electron chi connectivity index (χ0n) is 15.7. The first-order chi connectivity index (χ1) is 13.8. The number of carbonyl (C=O) groups excluding carboxylic acids is 1. The number of nitrogens with one attached hydrogen (secondary N) is 1. The average molecular weight is 432 g/mol. The van der Waals surface area contributed by atoms with E-state index in [0.717, 1.165) is 11.8 Å². The number of para-hydroxylation sites is 2. The minimum absolute atomic E-state index is 0.0633. The molecule has 0 aliphatic rings. The van der Waals surface area contributed by atoms with Crippen molar-refractivity contribution in [2.24, 2.45) is 0 Å². The van der Waals surface area contributed by atoms with Crippen LogP contribution in [0.3, 0.4) is 0 Å². The van der Waals surface area contributed by atoms with Crippen LogP contribution in [-0.4, -0.2) is 31.4 Å². The van der Waals surface area contributed by atoms with E-state index in [1.54, 1.807) is 36.4 Å². The lowest BCUT2D eigenvalue weighted by atomic mass is 10.2. The first kappa shape index (κ1) is 20.8. The van der Waals surface area contributed by atoms with Gasteiger partial charge in [0.25, 0.3) is 5.91 Å². The molecule has 1 N–H and O–H groups in total. The molecule has 2 aromatic carbocycles. The second-order valence-corrected chi connectivity index (χ2v) is 8.54. The Balaban J connectivity index is 1.89. The van der Waals surface area contributed by atoms with Crippen molar-refractivity contribution >= 4 is 33.0 Å². The molecule has 0 spiro atoms. The van der Waals surface area contributed by atoms with Crippen LogP contribution in [-0.2, 0) is 15.6 Å². The van der Waals surface area contributed by atoms with Gasteiger partial charge in [-0.15, -0.1) is 0 Å². The second-order valence-electron chi connectivity index (χ2n) is 6.25. The fourth-order valence-corrected chi connectivity index (χ4v) is 3.94. The van der Waals surface area contributed by atoms with Crippen LogP contribution in [0.15, 0.2) is 59.9 Å². The van der Waals surface area contributed by atoms with Crippen molar-refractivity contribution in [3.8, 4) is 5.75 Å². The van der Waals surface area contributed by atoms with Gasteiger partial charge in [-0.1, -0.05) is 53.6 Å². The molecule has 0 atom stereocenters. The molecule has 0 fully saturated rings. The third-order valence-electron chi connectivity index (χ3n) is 4.05. The summed E-state index contributed by atoms with van der Waals surface area (Å²) in [6.45, 7) is 1.91. The predicted octanol–water partition coefficient (Wildman–Crippen LogP) is 3.67. The lowest BCUT2D eigenvalue weighted by Gasteiger charge is -2.11. The Morgan fingerprint density at radius 2 is 1.83 bits per heavy atom. The van der Waals surface area contributed by atoms with Crippen molar-refractivity contribution in [2.45, 2.75) is 17.8 Å². The highest BCUT2D eigenvalue weighted by Gasteiger charge is 2.23. The SMILES string of the molecule is COc1ccccc1NC(=O)c1nc(S(=O)(=O)Cc2ccc(C)cc2)ncc1Cl. The standard InChI is InChI=1S/C20H18ClN3O4S/c1-13-7-9-14(10-8-13)12-29(26,27)20-22-11-15(21)18(24-20)19(25)23-16-5-3-4-6-17(16)28-2/h3-11H,12H2,1-2H3,(H,23,25). The fraction of sp³-hybridized carbons (Fsp3) is 0.150. The highest BCUT2D eigenvalue weighted by molar-refractivity contribution is 7.90.